The predicted molar refractivity (Wildman–Crippen MR) is 93.0 cm³/mol. The molecule has 23 heavy (non-hydrogen) atoms. The molecule has 0 saturated carbocycles. The fourth-order valence-corrected chi connectivity index (χ4v) is 2.97. The molecule has 0 saturated heterocycles. The predicted octanol–water partition coefficient (Wildman–Crippen LogP) is 3.95. The zero-order valence-electron chi connectivity index (χ0n) is 12.2. The topological polar surface area (TPSA) is 70.1 Å². The summed E-state index contributed by atoms with van der Waals surface area (Å²) >= 11 is 7.68. The largest absolute Gasteiger partial charge is 0.291 e. The van der Waals surface area contributed by atoms with Gasteiger partial charge in [-0.05, 0) is 30.5 Å². The molecule has 3 aromatic rings. The molecule has 2 aromatic heterocycles. The maximum absolute atomic E-state index is 12.1. The number of benzene rings is 1. The standard InChI is InChI=1S/C16H13ClN4OS/c1-10(11-5-2-3-6-12(11)17)18-21-16(22)14-9-13(19-20-14)15-7-4-8-23-15/h2-9H,1H3,(H,19,20)(H,21,22)/b18-10+. The van der Waals surface area contributed by atoms with Gasteiger partial charge in [-0.1, -0.05) is 35.9 Å². The molecule has 0 radical (unpaired) electrons. The van der Waals surface area contributed by atoms with Crippen LogP contribution in [0.15, 0.2) is 52.9 Å². The van der Waals surface area contributed by atoms with Gasteiger partial charge in [-0.2, -0.15) is 10.2 Å². The Morgan fingerprint density at radius 2 is 2.13 bits per heavy atom. The molecule has 1 aromatic carbocycles. The lowest BCUT2D eigenvalue weighted by Gasteiger charge is -2.03. The van der Waals surface area contributed by atoms with Gasteiger partial charge in [-0.25, -0.2) is 5.43 Å². The highest BCUT2D eigenvalue weighted by Crippen LogP contribution is 2.22. The number of rotatable bonds is 4. The van der Waals surface area contributed by atoms with Gasteiger partial charge in [0.15, 0.2) is 5.69 Å². The molecular formula is C16H13ClN4OS. The summed E-state index contributed by atoms with van der Waals surface area (Å²) in [4.78, 5) is 13.1. The highest BCUT2D eigenvalue weighted by Gasteiger charge is 2.12. The number of nitrogens with one attached hydrogen (secondary N) is 2. The fraction of sp³-hybridized carbons (Fsp3) is 0.0625. The SMILES string of the molecule is C/C(=N\NC(=O)c1cc(-c2cccs2)[nH]n1)c1ccccc1Cl. The van der Waals surface area contributed by atoms with Crippen molar-refractivity contribution in [3.05, 3.63) is 64.1 Å². The summed E-state index contributed by atoms with van der Waals surface area (Å²) in [5.74, 6) is -0.379. The van der Waals surface area contributed by atoms with Crippen LogP contribution in [0.1, 0.15) is 23.0 Å². The second-order valence-electron chi connectivity index (χ2n) is 4.76. The van der Waals surface area contributed by atoms with Crippen molar-refractivity contribution in [2.24, 2.45) is 5.10 Å². The Balaban J connectivity index is 1.72. The molecule has 0 aliphatic carbocycles. The zero-order chi connectivity index (χ0) is 16.2. The molecule has 0 bridgehead atoms. The second-order valence-corrected chi connectivity index (χ2v) is 6.12. The number of aromatic amines is 1. The highest BCUT2D eigenvalue weighted by molar-refractivity contribution is 7.13. The summed E-state index contributed by atoms with van der Waals surface area (Å²) in [6, 6.07) is 12.9. The molecule has 0 aliphatic rings. The number of hydrogen-bond donors (Lipinski definition) is 2. The zero-order valence-corrected chi connectivity index (χ0v) is 13.8. The number of thiophene rings is 1. The van der Waals surface area contributed by atoms with Crippen LogP contribution in [0.4, 0.5) is 0 Å². The molecule has 2 heterocycles. The lowest BCUT2D eigenvalue weighted by atomic mass is 10.1. The van der Waals surface area contributed by atoms with E-state index < -0.39 is 0 Å². The van der Waals surface area contributed by atoms with E-state index in [1.807, 2.05) is 35.7 Å². The second kappa shape index (κ2) is 6.76. The van der Waals surface area contributed by atoms with Gasteiger partial charge >= 0.3 is 0 Å². The van der Waals surface area contributed by atoms with Crippen molar-refractivity contribution in [2.45, 2.75) is 6.92 Å². The van der Waals surface area contributed by atoms with Crippen LogP contribution in [-0.4, -0.2) is 21.8 Å². The van der Waals surface area contributed by atoms with Crippen LogP contribution in [0, 0.1) is 0 Å². The molecule has 116 valence electrons. The first kappa shape index (κ1) is 15.5. The third kappa shape index (κ3) is 3.49. The van der Waals surface area contributed by atoms with Crippen LogP contribution >= 0.6 is 22.9 Å². The molecule has 1 amide bonds. The molecule has 0 aliphatic heterocycles. The minimum absolute atomic E-state index is 0.282. The normalized spacial score (nSPS) is 11.5. The number of halogens is 1. The van der Waals surface area contributed by atoms with Gasteiger partial charge in [-0.3, -0.25) is 9.89 Å². The smallest absolute Gasteiger partial charge is 0.276 e. The summed E-state index contributed by atoms with van der Waals surface area (Å²) in [6.45, 7) is 1.78. The lowest BCUT2D eigenvalue weighted by molar-refractivity contribution is 0.0950. The van der Waals surface area contributed by atoms with E-state index in [1.165, 1.54) is 0 Å². The molecule has 7 heteroatoms. The van der Waals surface area contributed by atoms with Gasteiger partial charge in [0.05, 0.1) is 16.3 Å². The van der Waals surface area contributed by atoms with Gasteiger partial charge in [0.1, 0.15) is 0 Å². The first-order chi connectivity index (χ1) is 11.1. The quantitative estimate of drug-likeness (QED) is 0.555. The number of H-pyrrole nitrogens is 1. The molecule has 0 fully saturated rings. The maximum Gasteiger partial charge on any atom is 0.291 e. The Hall–Kier alpha value is -2.44. The summed E-state index contributed by atoms with van der Waals surface area (Å²) in [5, 5.41) is 13.5. The Kier molecular flexibility index (Phi) is 4.55. The number of amides is 1. The summed E-state index contributed by atoms with van der Waals surface area (Å²) in [6.07, 6.45) is 0. The summed E-state index contributed by atoms with van der Waals surface area (Å²) < 4.78 is 0. The molecule has 0 spiro atoms. The Morgan fingerprint density at radius 1 is 1.30 bits per heavy atom. The third-order valence-corrected chi connectivity index (χ3v) is 4.42. The van der Waals surface area contributed by atoms with Crippen LogP contribution in [0.3, 0.4) is 0 Å². The number of carbonyl (C=O) groups excluding carboxylic acids is 1. The summed E-state index contributed by atoms with van der Waals surface area (Å²) in [5.41, 5.74) is 4.98. The lowest BCUT2D eigenvalue weighted by Crippen LogP contribution is -2.19. The highest BCUT2D eigenvalue weighted by atomic mass is 35.5. The van der Waals surface area contributed by atoms with Gasteiger partial charge < -0.3 is 0 Å². The Morgan fingerprint density at radius 3 is 2.87 bits per heavy atom. The maximum atomic E-state index is 12.1. The molecule has 0 atom stereocenters. The van der Waals surface area contributed by atoms with Crippen LogP contribution in [0.25, 0.3) is 10.6 Å². The molecular weight excluding hydrogens is 332 g/mol. The number of hydrogen-bond acceptors (Lipinski definition) is 4. The average molecular weight is 345 g/mol. The number of carbonyl (C=O) groups is 1. The van der Waals surface area contributed by atoms with E-state index in [4.69, 9.17) is 11.6 Å². The van der Waals surface area contributed by atoms with Crippen molar-refractivity contribution >= 4 is 34.6 Å². The Labute approximate surface area is 142 Å². The average Bonchev–Trinajstić information content (AvgIpc) is 3.23. The van der Waals surface area contributed by atoms with Crippen LogP contribution < -0.4 is 5.43 Å². The number of nitrogens with zero attached hydrogens (tertiary/aromatic N) is 2. The molecule has 3 rings (SSSR count). The first-order valence-corrected chi connectivity index (χ1v) is 8.10. The van der Waals surface area contributed by atoms with Crippen molar-refractivity contribution in [3.63, 3.8) is 0 Å². The Bertz CT molecular complexity index is 855. The van der Waals surface area contributed by atoms with Crippen LogP contribution in [0.5, 0.6) is 0 Å². The van der Waals surface area contributed by atoms with Crippen LogP contribution in [0.2, 0.25) is 5.02 Å². The molecule has 5 nitrogen and oxygen atoms in total. The first-order valence-electron chi connectivity index (χ1n) is 6.84. The van der Waals surface area contributed by atoms with E-state index in [-0.39, 0.29) is 11.6 Å². The van der Waals surface area contributed by atoms with E-state index in [9.17, 15) is 4.79 Å². The fourth-order valence-electron chi connectivity index (χ4n) is 2.00. The van der Waals surface area contributed by atoms with Crippen molar-refractivity contribution in [3.8, 4) is 10.6 Å². The van der Waals surface area contributed by atoms with Crippen molar-refractivity contribution in [2.75, 3.05) is 0 Å². The van der Waals surface area contributed by atoms with Gasteiger partial charge in [-0.15, -0.1) is 11.3 Å². The minimum Gasteiger partial charge on any atom is -0.276 e. The minimum atomic E-state index is -0.379. The number of aromatic nitrogens is 2. The third-order valence-electron chi connectivity index (χ3n) is 3.19. The van der Waals surface area contributed by atoms with Crippen molar-refractivity contribution in [1.82, 2.24) is 15.6 Å². The van der Waals surface area contributed by atoms with E-state index in [1.54, 1.807) is 30.4 Å². The summed E-state index contributed by atoms with van der Waals surface area (Å²) in [7, 11) is 0. The van der Waals surface area contributed by atoms with Gasteiger partial charge in [0, 0.05) is 10.6 Å². The monoisotopic (exact) mass is 344 g/mol. The molecule has 0 unspecified atom stereocenters. The van der Waals surface area contributed by atoms with Gasteiger partial charge in [0.2, 0.25) is 0 Å². The van der Waals surface area contributed by atoms with Crippen molar-refractivity contribution < 1.29 is 4.79 Å². The van der Waals surface area contributed by atoms with E-state index in [0.717, 1.165) is 16.1 Å². The van der Waals surface area contributed by atoms with E-state index in [2.05, 4.69) is 20.7 Å². The molecule has 2 N–H and O–H groups in total. The van der Waals surface area contributed by atoms with Crippen LogP contribution in [-0.2, 0) is 0 Å². The van der Waals surface area contributed by atoms with E-state index in [0.29, 0.717) is 10.7 Å². The van der Waals surface area contributed by atoms with Crippen molar-refractivity contribution in [1.29, 1.82) is 0 Å². The van der Waals surface area contributed by atoms with E-state index >= 15 is 0 Å². The number of hydrazone groups is 1. The van der Waals surface area contributed by atoms with Gasteiger partial charge in [0.25, 0.3) is 5.91 Å².